The maximum Gasteiger partial charge on any atom is 0.302 e. The highest BCUT2D eigenvalue weighted by Crippen LogP contribution is 2.35. The van der Waals surface area contributed by atoms with E-state index in [-0.39, 0.29) is 12.1 Å². The van der Waals surface area contributed by atoms with Gasteiger partial charge in [0.05, 0.1) is 0 Å². The van der Waals surface area contributed by atoms with Crippen molar-refractivity contribution in [2.45, 2.75) is 113 Å². The second kappa shape index (κ2) is 16.3. The standard InChI is InChI=1S/C16H30O2.C3H8.C2H6/c1-5-6-16(18-14(4)17)11-13(3)15-9-7-12(2)8-10-15;1-3-2;1-2/h12-13,15-16H,5-11H2,1-4H3;3H2,1-2H3;1-2H3. The lowest BCUT2D eigenvalue weighted by atomic mass is 9.75. The molecular weight excluding hydrogens is 284 g/mol. The molecule has 0 aromatic carbocycles. The zero-order valence-corrected chi connectivity index (χ0v) is 17.3. The summed E-state index contributed by atoms with van der Waals surface area (Å²) in [7, 11) is 0. The van der Waals surface area contributed by atoms with Crippen LogP contribution in [0, 0.1) is 17.8 Å². The Morgan fingerprint density at radius 2 is 1.57 bits per heavy atom. The minimum Gasteiger partial charge on any atom is -0.463 e. The van der Waals surface area contributed by atoms with Gasteiger partial charge in [0.25, 0.3) is 0 Å². The Hall–Kier alpha value is -0.530. The average molecular weight is 329 g/mol. The topological polar surface area (TPSA) is 26.3 Å². The predicted molar refractivity (Wildman–Crippen MR) is 103 cm³/mol. The van der Waals surface area contributed by atoms with Crippen molar-refractivity contribution in [3.05, 3.63) is 0 Å². The van der Waals surface area contributed by atoms with Crippen LogP contribution in [-0.2, 0) is 9.53 Å². The molecule has 1 fully saturated rings. The van der Waals surface area contributed by atoms with E-state index < -0.39 is 0 Å². The van der Waals surface area contributed by atoms with E-state index in [1.807, 2.05) is 13.8 Å². The number of carbonyl (C=O) groups is 1. The molecule has 0 bridgehead atoms. The molecule has 0 heterocycles. The van der Waals surface area contributed by atoms with Gasteiger partial charge in [-0.25, -0.2) is 0 Å². The zero-order chi connectivity index (χ0) is 18.3. The molecule has 1 aliphatic carbocycles. The Morgan fingerprint density at radius 1 is 1.09 bits per heavy atom. The van der Waals surface area contributed by atoms with Crippen LogP contribution in [0.15, 0.2) is 0 Å². The van der Waals surface area contributed by atoms with E-state index in [1.54, 1.807) is 0 Å². The minimum atomic E-state index is -0.127. The number of rotatable bonds is 6. The highest BCUT2D eigenvalue weighted by atomic mass is 16.5. The number of esters is 1. The third kappa shape index (κ3) is 13.6. The molecule has 23 heavy (non-hydrogen) atoms. The average Bonchev–Trinajstić information content (AvgIpc) is 2.50. The summed E-state index contributed by atoms with van der Waals surface area (Å²) in [5.74, 6) is 2.32. The highest BCUT2D eigenvalue weighted by molar-refractivity contribution is 5.66. The smallest absolute Gasteiger partial charge is 0.302 e. The normalized spacial score (nSPS) is 22.6. The van der Waals surface area contributed by atoms with Crippen molar-refractivity contribution in [1.82, 2.24) is 0 Å². The molecular formula is C21H44O2. The molecule has 0 radical (unpaired) electrons. The first-order chi connectivity index (χ1) is 10.9. The summed E-state index contributed by atoms with van der Waals surface area (Å²) in [5.41, 5.74) is 0. The van der Waals surface area contributed by atoms with E-state index in [2.05, 4.69) is 34.6 Å². The maximum atomic E-state index is 11.1. The molecule has 0 amide bonds. The van der Waals surface area contributed by atoms with Gasteiger partial charge in [-0.05, 0) is 43.4 Å². The number of ether oxygens (including phenoxy) is 1. The van der Waals surface area contributed by atoms with Crippen LogP contribution in [-0.4, -0.2) is 12.1 Å². The molecule has 1 saturated carbocycles. The Bertz CT molecular complexity index is 255. The lowest BCUT2D eigenvalue weighted by molar-refractivity contribution is -0.147. The van der Waals surface area contributed by atoms with E-state index in [4.69, 9.17) is 4.74 Å². The van der Waals surface area contributed by atoms with E-state index >= 15 is 0 Å². The summed E-state index contributed by atoms with van der Waals surface area (Å²) >= 11 is 0. The molecule has 0 N–H and O–H groups in total. The van der Waals surface area contributed by atoms with Crippen LogP contribution >= 0.6 is 0 Å². The minimum absolute atomic E-state index is 0.127. The van der Waals surface area contributed by atoms with Crippen LogP contribution in [0.5, 0.6) is 0 Å². The number of carbonyl (C=O) groups excluding carboxylic acids is 1. The summed E-state index contributed by atoms with van der Waals surface area (Å²) in [5, 5.41) is 0. The van der Waals surface area contributed by atoms with Gasteiger partial charge in [-0.15, -0.1) is 0 Å². The van der Waals surface area contributed by atoms with Crippen molar-refractivity contribution in [3.63, 3.8) is 0 Å². The molecule has 0 spiro atoms. The van der Waals surface area contributed by atoms with Crippen LogP contribution in [0.3, 0.4) is 0 Å². The molecule has 0 saturated heterocycles. The molecule has 2 unspecified atom stereocenters. The fraction of sp³-hybridized carbons (Fsp3) is 0.952. The molecule has 2 heteroatoms. The van der Waals surface area contributed by atoms with Crippen molar-refractivity contribution >= 4 is 5.97 Å². The highest BCUT2D eigenvalue weighted by Gasteiger charge is 2.26. The van der Waals surface area contributed by atoms with Gasteiger partial charge in [0.1, 0.15) is 6.10 Å². The quantitative estimate of drug-likeness (QED) is 0.490. The van der Waals surface area contributed by atoms with Gasteiger partial charge < -0.3 is 4.74 Å². The molecule has 0 aliphatic heterocycles. The summed E-state index contributed by atoms with van der Waals surface area (Å²) in [6.45, 7) is 16.6. The number of hydrogen-bond donors (Lipinski definition) is 0. The van der Waals surface area contributed by atoms with Crippen molar-refractivity contribution < 1.29 is 9.53 Å². The monoisotopic (exact) mass is 328 g/mol. The SMILES string of the molecule is CC.CCC.CCCC(CC(C)C1CCC(C)CC1)OC(C)=O. The Kier molecular flexibility index (Phi) is 17.6. The van der Waals surface area contributed by atoms with Gasteiger partial charge in [0.2, 0.25) is 0 Å². The van der Waals surface area contributed by atoms with Crippen molar-refractivity contribution in [2.24, 2.45) is 17.8 Å². The number of hydrogen-bond acceptors (Lipinski definition) is 2. The summed E-state index contributed by atoms with van der Waals surface area (Å²) in [4.78, 5) is 11.1. The van der Waals surface area contributed by atoms with Gasteiger partial charge in [0, 0.05) is 6.92 Å². The first-order valence-corrected chi connectivity index (χ1v) is 10.1. The van der Waals surface area contributed by atoms with E-state index in [1.165, 1.54) is 39.0 Å². The second-order valence-electron chi connectivity index (χ2n) is 6.96. The van der Waals surface area contributed by atoms with Gasteiger partial charge in [-0.2, -0.15) is 0 Å². The molecule has 1 aliphatic rings. The van der Waals surface area contributed by atoms with Crippen LogP contribution in [0.2, 0.25) is 0 Å². The molecule has 2 nitrogen and oxygen atoms in total. The van der Waals surface area contributed by atoms with Crippen LogP contribution in [0.1, 0.15) is 107 Å². The van der Waals surface area contributed by atoms with E-state index in [0.29, 0.717) is 5.92 Å². The third-order valence-electron chi connectivity index (χ3n) is 4.44. The van der Waals surface area contributed by atoms with Crippen molar-refractivity contribution in [1.29, 1.82) is 0 Å². The summed E-state index contributed by atoms with van der Waals surface area (Å²) in [6, 6.07) is 0. The molecule has 1 rings (SSSR count). The lowest BCUT2D eigenvalue weighted by Gasteiger charge is -2.32. The first-order valence-electron chi connectivity index (χ1n) is 10.1. The second-order valence-corrected chi connectivity index (χ2v) is 6.96. The van der Waals surface area contributed by atoms with E-state index in [0.717, 1.165) is 31.1 Å². The van der Waals surface area contributed by atoms with Crippen molar-refractivity contribution in [3.8, 4) is 0 Å². The third-order valence-corrected chi connectivity index (χ3v) is 4.44. The van der Waals surface area contributed by atoms with Gasteiger partial charge in [-0.3, -0.25) is 4.79 Å². The molecule has 0 aromatic heterocycles. The fourth-order valence-electron chi connectivity index (χ4n) is 3.24. The van der Waals surface area contributed by atoms with Crippen LogP contribution in [0.25, 0.3) is 0 Å². The maximum absolute atomic E-state index is 11.1. The fourth-order valence-corrected chi connectivity index (χ4v) is 3.24. The Balaban J connectivity index is 0. The van der Waals surface area contributed by atoms with Gasteiger partial charge in [-0.1, -0.05) is 74.1 Å². The van der Waals surface area contributed by atoms with Crippen molar-refractivity contribution in [2.75, 3.05) is 0 Å². The Labute approximate surface area is 146 Å². The molecule has 140 valence electrons. The van der Waals surface area contributed by atoms with Crippen LogP contribution in [0.4, 0.5) is 0 Å². The Morgan fingerprint density at radius 3 is 1.96 bits per heavy atom. The van der Waals surface area contributed by atoms with Gasteiger partial charge in [0.15, 0.2) is 0 Å². The molecule has 2 atom stereocenters. The van der Waals surface area contributed by atoms with Gasteiger partial charge >= 0.3 is 5.97 Å². The zero-order valence-electron chi connectivity index (χ0n) is 17.3. The summed E-state index contributed by atoms with van der Waals surface area (Å²) < 4.78 is 5.43. The van der Waals surface area contributed by atoms with Crippen LogP contribution < -0.4 is 0 Å². The summed E-state index contributed by atoms with van der Waals surface area (Å²) in [6.07, 6.45) is 10.0. The molecule has 0 aromatic rings. The largest absolute Gasteiger partial charge is 0.463 e. The lowest BCUT2D eigenvalue weighted by Crippen LogP contribution is -2.25. The first kappa shape index (κ1) is 24.7. The van der Waals surface area contributed by atoms with E-state index in [9.17, 15) is 4.79 Å². The predicted octanol–water partition coefficient (Wildman–Crippen LogP) is 7.01.